The number of nitrogens with two attached hydrogens (primary N) is 1. The Kier molecular flexibility index (Phi) is 5.92. The number of anilines is 1. The Labute approximate surface area is 123 Å². The van der Waals surface area contributed by atoms with Crippen LogP contribution in [0, 0.1) is 0 Å². The molecular formula is C13H18N4O2S. The van der Waals surface area contributed by atoms with Crippen LogP contribution in [0.25, 0.3) is 0 Å². The molecule has 6 nitrogen and oxygen atoms in total. The third-order valence-corrected chi connectivity index (χ3v) is 2.78. The molecule has 1 rings (SSSR count). The van der Waals surface area contributed by atoms with Crippen molar-refractivity contribution in [2.24, 2.45) is 5.73 Å². The summed E-state index contributed by atoms with van der Waals surface area (Å²) in [6.45, 7) is 3.16. The van der Waals surface area contributed by atoms with Gasteiger partial charge in [-0.1, -0.05) is 18.2 Å². The van der Waals surface area contributed by atoms with Gasteiger partial charge in [0.05, 0.1) is 0 Å². The topological polar surface area (TPSA) is 96.2 Å². The number of carbonyl (C=O) groups excluding carboxylic acids is 2. The molecule has 0 aromatic heterocycles. The molecule has 108 valence electrons. The van der Waals surface area contributed by atoms with Gasteiger partial charge in [0.1, 0.15) is 12.1 Å². The van der Waals surface area contributed by atoms with Crippen LogP contribution in [0.2, 0.25) is 0 Å². The summed E-state index contributed by atoms with van der Waals surface area (Å²) in [6, 6.07) is 8.04. The number of para-hydroxylation sites is 1. The second-order valence-electron chi connectivity index (χ2n) is 4.32. The van der Waals surface area contributed by atoms with E-state index in [0.717, 1.165) is 5.69 Å². The van der Waals surface area contributed by atoms with Gasteiger partial charge in [-0.15, -0.1) is 0 Å². The van der Waals surface area contributed by atoms with Crippen molar-refractivity contribution in [3.05, 3.63) is 30.3 Å². The van der Waals surface area contributed by atoms with Crippen molar-refractivity contribution in [2.75, 3.05) is 5.32 Å². The number of amides is 2. The lowest BCUT2D eigenvalue weighted by atomic mass is 10.2. The minimum atomic E-state index is -0.720. The van der Waals surface area contributed by atoms with Crippen molar-refractivity contribution in [1.29, 1.82) is 0 Å². The van der Waals surface area contributed by atoms with Crippen molar-refractivity contribution < 1.29 is 9.59 Å². The normalized spacial score (nSPS) is 12.9. The molecule has 0 saturated carbocycles. The van der Waals surface area contributed by atoms with Crippen LogP contribution in [-0.2, 0) is 9.59 Å². The molecule has 0 radical (unpaired) electrons. The summed E-state index contributed by atoms with van der Waals surface area (Å²) < 4.78 is 0. The van der Waals surface area contributed by atoms with Crippen LogP contribution in [0.4, 0.5) is 5.69 Å². The molecule has 0 spiro atoms. The molecule has 0 aliphatic rings. The van der Waals surface area contributed by atoms with Crippen molar-refractivity contribution >= 4 is 34.8 Å². The predicted octanol–water partition coefficient (Wildman–Crippen LogP) is 0.351. The minimum Gasteiger partial charge on any atom is -0.368 e. The monoisotopic (exact) mass is 294 g/mol. The smallest absolute Gasteiger partial charge is 0.242 e. The maximum atomic E-state index is 11.8. The first-order valence-corrected chi connectivity index (χ1v) is 6.53. The lowest BCUT2D eigenvalue weighted by molar-refractivity contribution is -0.127. The fourth-order valence-corrected chi connectivity index (χ4v) is 1.65. The Morgan fingerprint density at radius 3 is 2.25 bits per heavy atom. The highest BCUT2D eigenvalue weighted by atomic mass is 32.1. The Balaban J connectivity index is 2.45. The zero-order chi connectivity index (χ0) is 15.1. The fourth-order valence-electron chi connectivity index (χ4n) is 1.36. The lowest BCUT2D eigenvalue weighted by Gasteiger charge is -2.18. The van der Waals surface area contributed by atoms with Gasteiger partial charge in [-0.25, -0.2) is 0 Å². The van der Waals surface area contributed by atoms with Crippen molar-refractivity contribution in [3.8, 4) is 0 Å². The number of hydrogen-bond donors (Lipinski definition) is 4. The zero-order valence-corrected chi connectivity index (χ0v) is 12.2. The number of benzene rings is 1. The minimum absolute atomic E-state index is 0.325. The number of nitrogens with one attached hydrogen (secondary N) is 3. The van der Waals surface area contributed by atoms with Gasteiger partial charge < -0.3 is 21.7 Å². The number of primary amides is 1. The first kappa shape index (κ1) is 15.9. The predicted molar refractivity (Wildman–Crippen MR) is 82.1 cm³/mol. The van der Waals surface area contributed by atoms with Gasteiger partial charge in [0.15, 0.2) is 5.11 Å². The van der Waals surface area contributed by atoms with E-state index in [1.165, 1.54) is 6.92 Å². The third-order valence-electron chi connectivity index (χ3n) is 2.56. The van der Waals surface area contributed by atoms with E-state index >= 15 is 0 Å². The van der Waals surface area contributed by atoms with Gasteiger partial charge in [-0.2, -0.15) is 0 Å². The van der Waals surface area contributed by atoms with Crippen LogP contribution in [0.3, 0.4) is 0 Å². The molecule has 20 heavy (non-hydrogen) atoms. The maximum Gasteiger partial charge on any atom is 0.242 e. The molecule has 0 aliphatic heterocycles. The van der Waals surface area contributed by atoms with Gasteiger partial charge in [0.25, 0.3) is 0 Å². The van der Waals surface area contributed by atoms with Crippen LogP contribution in [0.15, 0.2) is 30.3 Å². The van der Waals surface area contributed by atoms with Crippen LogP contribution >= 0.6 is 12.2 Å². The van der Waals surface area contributed by atoms with Gasteiger partial charge in [0, 0.05) is 5.69 Å². The van der Waals surface area contributed by atoms with Crippen LogP contribution in [-0.4, -0.2) is 29.0 Å². The molecule has 0 bridgehead atoms. The average molecular weight is 294 g/mol. The van der Waals surface area contributed by atoms with E-state index in [1.807, 2.05) is 30.3 Å². The van der Waals surface area contributed by atoms with Gasteiger partial charge in [-0.05, 0) is 38.2 Å². The highest BCUT2D eigenvalue weighted by molar-refractivity contribution is 7.80. The molecule has 2 amide bonds. The number of carbonyl (C=O) groups is 2. The summed E-state index contributed by atoms with van der Waals surface area (Å²) in [5, 5.41) is 8.59. The Morgan fingerprint density at radius 2 is 1.70 bits per heavy atom. The molecular weight excluding hydrogens is 276 g/mol. The third kappa shape index (κ3) is 5.23. The van der Waals surface area contributed by atoms with E-state index in [0.29, 0.717) is 5.11 Å². The molecule has 0 heterocycles. The summed E-state index contributed by atoms with van der Waals surface area (Å²) in [5.74, 6) is -0.941. The molecule has 0 unspecified atom stereocenters. The second kappa shape index (κ2) is 7.44. The number of rotatable bonds is 5. The largest absolute Gasteiger partial charge is 0.368 e. The molecule has 0 saturated heterocycles. The second-order valence-corrected chi connectivity index (χ2v) is 4.73. The van der Waals surface area contributed by atoms with Crippen molar-refractivity contribution in [2.45, 2.75) is 25.9 Å². The SMILES string of the molecule is C[C@H](NC(=O)[C@H](C)NC(=S)Nc1ccccc1)C(N)=O. The summed E-state index contributed by atoms with van der Waals surface area (Å²) in [4.78, 5) is 22.6. The highest BCUT2D eigenvalue weighted by Crippen LogP contribution is 2.04. The number of hydrogen-bond acceptors (Lipinski definition) is 3. The fraction of sp³-hybridized carbons (Fsp3) is 0.308. The van der Waals surface area contributed by atoms with Crippen molar-refractivity contribution in [3.63, 3.8) is 0 Å². The molecule has 1 aromatic rings. The molecule has 0 aliphatic carbocycles. The maximum absolute atomic E-state index is 11.8. The van der Waals surface area contributed by atoms with E-state index in [2.05, 4.69) is 16.0 Å². The molecule has 0 fully saturated rings. The van der Waals surface area contributed by atoms with Crippen LogP contribution in [0.5, 0.6) is 0 Å². The molecule has 2 atom stereocenters. The quantitative estimate of drug-likeness (QED) is 0.588. The summed E-state index contributed by atoms with van der Waals surface area (Å²) in [6.07, 6.45) is 0. The first-order valence-electron chi connectivity index (χ1n) is 6.12. The van der Waals surface area contributed by atoms with E-state index in [9.17, 15) is 9.59 Å². The van der Waals surface area contributed by atoms with E-state index < -0.39 is 18.0 Å². The van der Waals surface area contributed by atoms with Gasteiger partial charge >= 0.3 is 0 Å². The van der Waals surface area contributed by atoms with Gasteiger partial charge in [0.2, 0.25) is 11.8 Å². The van der Waals surface area contributed by atoms with Crippen LogP contribution in [0.1, 0.15) is 13.8 Å². The summed E-state index contributed by atoms with van der Waals surface area (Å²) >= 11 is 5.10. The Morgan fingerprint density at radius 1 is 1.10 bits per heavy atom. The van der Waals surface area contributed by atoms with Crippen LogP contribution < -0.4 is 21.7 Å². The van der Waals surface area contributed by atoms with E-state index in [4.69, 9.17) is 18.0 Å². The van der Waals surface area contributed by atoms with Gasteiger partial charge in [-0.3, -0.25) is 9.59 Å². The molecule has 5 N–H and O–H groups in total. The summed E-state index contributed by atoms with van der Waals surface area (Å²) in [5.41, 5.74) is 5.90. The Hall–Kier alpha value is -2.15. The average Bonchev–Trinajstić information content (AvgIpc) is 2.39. The number of thiocarbonyl (C=S) groups is 1. The lowest BCUT2D eigenvalue weighted by Crippen LogP contribution is -2.51. The summed E-state index contributed by atoms with van der Waals surface area (Å²) in [7, 11) is 0. The highest BCUT2D eigenvalue weighted by Gasteiger charge is 2.18. The standard InChI is InChI=1S/C13H18N4O2S/c1-8(11(14)18)15-12(19)9(2)16-13(20)17-10-6-4-3-5-7-10/h3-9H,1-2H3,(H2,14,18)(H,15,19)(H2,16,17,20)/t8-,9-/m0/s1. The molecule has 7 heteroatoms. The molecule has 1 aromatic carbocycles. The first-order chi connectivity index (χ1) is 9.40. The zero-order valence-electron chi connectivity index (χ0n) is 11.3. The Bertz CT molecular complexity index is 492. The van der Waals surface area contributed by atoms with E-state index in [1.54, 1.807) is 6.92 Å². The van der Waals surface area contributed by atoms with E-state index in [-0.39, 0.29) is 5.91 Å². The van der Waals surface area contributed by atoms with Crippen molar-refractivity contribution in [1.82, 2.24) is 10.6 Å².